The van der Waals surface area contributed by atoms with E-state index in [2.05, 4.69) is 5.32 Å². The highest BCUT2D eigenvalue weighted by atomic mass is 19.1. The highest BCUT2D eigenvalue weighted by Crippen LogP contribution is 2.25. The van der Waals surface area contributed by atoms with E-state index in [0.29, 0.717) is 13.1 Å². The molecule has 0 aliphatic carbocycles. The van der Waals surface area contributed by atoms with Gasteiger partial charge in [0, 0.05) is 13.2 Å². The maximum atomic E-state index is 13.3. The van der Waals surface area contributed by atoms with E-state index < -0.39 is 0 Å². The molecule has 108 valence electrons. The molecule has 5 heteroatoms. The zero-order valence-corrected chi connectivity index (χ0v) is 11.3. The number of ether oxygens (including phenoxy) is 1. The Balaban J connectivity index is 1.74. The number of halogens is 1. The second-order valence-electron chi connectivity index (χ2n) is 5.37. The average Bonchev–Trinajstić information content (AvgIpc) is 2.82. The van der Waals surface area contributed by atoms with Gasteiger partial charge < -0.3 is 9.64 Å². The molecule has 2 unspecified atom stereocenters. The summed E-state index contributed by atoms with van der Waals surface area (Å²) in [6.07, 6.45) is 3.08. The minimum absolute atomic E-state index is 0.0495. The molecular formula is C15H19FN2O2. The van der Waals surface area contributed by atoms with Crippen molar-refractivity contribution in [3.05, 3.63) is 35.6 Å². The summed E-state index contributed by atoms with van der Waals surface area (Å²) >= 11 is 0. The van der Waals surface area contributed by atoms with Crippen molar-refractivity contribution >= 4 is 5.91 Å². The lowest BCUT2D eigenvalue weighted by Gasteiger charge is -2.31. The number of nitrogens with zero attached hydrogens (tertiary/aromatic N) is 1. The Morgan fingerprint density at radius 2 is 2.30 bits per heavy atom. The normalized spacial score (nSPS) is 27.1. The van der Waals surface area contributed by atoms with Crippen LogP contribution in [0, 0.1) is 5.82 Å². The third-order valence-electron chi connectivity index (χ3n) is 3.92. The summed E-state index contributed by atoms with van der Waals surface area (Å²) in [6.45, 7) is 1.64. The van der Waals surface area contributed by atoms with E-state index >= 15 is 0 Å². The number of hydrogen-bond acceptors (Lipinski definition) is 3. The summed E-state index contributed by atoms with van der Waals surface area (Å²) in [5.74, 6) is -0.231. The molecule has 0 spiro atoms. The summed E-state index contributed by atoms with van der Waals surface area (Å²) in [5, 5.41) is 3.14. The van der Waals surface area contributed by atoms with Gasteiger partial charge in [0.15, 0.2) is 0 Å². The van der Waals surface area contributed by atoms with Gasteiger partial charge in [0.1, 0.15) is 12.0 Å². The second kappa shape index (κ2) is 5.89. The van der Waals surface area contributed by atoms with Gasteiger partial charge in [-0.3, -0.25) is 10.1 Å². The van der Waals surface area contributed by atoms with Crippen molar-refractivity contribution in [1.29, 1.82) is 0 Å². The summed E-state index contributed by atoms with van der Waals surface area (Å²) in [5.41, 5.74) is 0.784. The number of carbonyl (C=O) groups is 1. The average molecular weight is 278 g/mol. The Morgan fingerprint density at radius 1 is 1.40 bits per heavy atom. The molecule has 0 bridgehead atoms. The zero-order valence-electron chi connectivity index (χ0n) is 11.3. The third-order valence-corrected chi connectivity index (χ3v) is 3.92. The van der Waals surface area contributed by atoms with Gasteiger partial charge in [-0.05, 0) is 37.0 Å². The molecule has 20 heavy (non-hydrogen) atoms. The predicted octanol–water partition coefficient (Wildman–Crippen LogP) is 1.83. The Labute approximate surface area is 117 Å². The molecule has 2 fully saturated rings. The largest absolute Gasteiger partial charge is 0.376 e. The Kier molecular flexibility index (Phi) is 3.98. The Bertz CT molecular complexity index is 489. The number of nitrogens with one attached hydrogen (secondary N) is 1. The summed E-state index contributed by atoms with van der Waals surface area (Å²) < 4.78 is 19.0. The molecule has 0 aromatic heterocycles. The van der Waals surface area contributed by atoms with Crippen LogP contribution in [0.1, 0.15) is 31.0 Å². The second-order valence-corrected chi connectivity index (χ2v) is 5.37. The van der Waals surface area contributed by atoms with E-state index in [1.54, 1.807) is 11.0 Å². The smallest absolute Gasteiger partial charge is 0.238 e. The standard InChI is InChI=1S/C15H19FN2O2/c16-12-5-3-4-11(8-12)15-17-9-14(19)18(15)10-13-6-1-2-7-20-13/h3-5,8,13,15,17H,1-2,6-7,9-10H2. The molecular weight excluding hydrogens is 259 g/mol. The molecule has 1 aromatic rings. The van der Waals surface area contributed by atoms with Gasteiger partial charge in [-0.2, -0.15) is 0 Å². The highest BCUT2D eigenvalue weighted by Gasteiger charge is 2.33. The van der Waals surface area contributed by atoms with Crippen LogP contribution in [0.25, 0.3) is 0 Å². The van der Waals surface area contributed by atoms with Gasteiger partial charge >= 0.3 is 0 Å². The number of rotatable bonds is 3. The maximum Gasteiger partial charge on any atom is 0.238 e. The monoisotopic (exact) mass is 278 g/mol. The van der Waals surface area contributed by atoms with Gasteiger partial charge in [0.25, 0.3) is 0 Å². The molecule has 3 rings (SSSR count). The van der Waals surface area contributed by atoms with Crippen LogP contribution in [0.3, 0.4) is 0 Å². The lowest BCUT2D eigenvalue weighted by molar-refractivity contribution is -0.130. The van der Waals surface area contributed by atoms with E-state index in [9.17, 15) is 9.18 Å². The SMILES string of the molecule is O=C1CNC(c2cccc(F)c2)N1CC1CCCCO1. The molecule has 2 saturated heterocycles. The maximum absolute atomic E-state index is 13.3. The van der Waals surface area contributed by atoms with Gasteiger partial charge in [-0.1, -0.05) is 12.1 Å². The molecule has 4 nitrogen and oxygen atoms in total. The molecule has 1 aromatic carbocycles. The quantitative estimate of drug-likeness (QED) is 0.917. The van der Waals surface area contributed by atoms with E-state index in [1.807, 2.05) is 6.07 Å². The summed E-state index contributed by atoms with van der Waals surface area (Å²) in [6, 6.07) is 6.40. The van der Waals surface area contributed by atoms with E-state index in [0.717, 1.165) is 31.4 Å². The number of carbonyl (C=O) groups excluding carboxylic acids is 1. The lowest BCUT2D eigenvalue weighted by Crippen LogP contribution is -2.39. The zero-order chi connectivity index (χ0) is 13.9. The van der Waals surface area contributed by atoms with E-state index in [1.165, 1.54) is 12.1 Å². The van der Waals surface area contributed by atoms with Crippen LogP contribution in [0.15, 0.2) is 24.3 Å². The number of hydrogen-bond donors (Lipinski definition) is 1. The van der Waals surface area contributed by atoms with Crippen LogP contribution in [0.5, 0.6) is 0 Å². The van der Waals surface area contributed by atoms with Crippen molar-refractivity contribution in [3.8, 4) is 0 Å². The highest BCUT2D eigenvalue weighted by molar-refractivity contribution is 5.81. The van der Waals surface area contributed by atoms with Crippen molar-refractivity contribution in [2.24, 2.45) is 0 Å². The molecule has 1 N–H and O–H groups in total. The minimum Gasteiger partial charge on any atom is -0.376 e. The van der Waals surface area contributed by atoms with Crippen LogP contribution in [0.4, 0.5) is 4.39 Å². The lowest BCUT2D eigenvalue weighted by atomic mass is 10.1. The summed E-state index contributed by atoms with van der Waals surface area (Å²) in [4.78, 5) is 13.8. The van der Waals surface area contributed by atoms with Crippen molar-refractivity contribution in [1.82, 2.24) is 10.2 Å². The fourth-order valence-corrected chi connectivity index (χ4v) is 2.89. The first-order chi connectivity index (χ1) is 9.74. The van der Waals surface area contributed by atoms with Gasteiger partial charge in [-0.25, -0.2) is 4.39 Å². The van der Waals surface area contributed by atoms with E-state index in [4.69, 9.17) is 4.74 Å². The topological polar surface area (TPSA) is 41.6 Å². The van der Waals surface area contributed by atoms with Gasteiger partial charge in [0.05, 0.1) is 12.6 Å². The van der Waals surface area contributed by atoms with E-state index in [-0.39, 0.29) is 24.0 Å². The Morgan fingerprint density at radius 3 is 3.05 bits per heavy atom. The molecule has 1 amide bonds. The van der Waals surface area contributed by atoms with Crippen molar-refractivity contribution in [2.75, 3.05) is 19.7 Å². The summed E-state index contributed by atoms with van der Waals surface area (Å²) in [7, 11) is 0. The van der Waals surface area contributed by atoms with Crippen LogP contribution in [-0.2, 0) is 9.53 Å². The number of benzene rings is 1. The van der Waals surface area contributed by atoms with Crippen LogP contribution < -0.4 is 5.32 Å². The van der Waals surface area contributed by atoms with Crippen molar-refractivity contribution < 1.29 is 13.9 Å². The first-order valence-corrected chi connectivity index (χ1v) is 7.14. The first-order valence-electron chi connectivity index (χ1n) is 7.14. The minimum atomic E-state index is -0.280. The molecule has 0 saturated carbocycles. The molecule has 2 atom stereocenters. The van der Waals surface area contributed by atoms with Gasteiger partial charge in [-0.15, -0.1) is 0 Å². The molecule has 2 aliphatic heterocycles. The molecule has 2 heterocycles. The number of amides is 1. The fraction of sp³-hybridized carbons (Fsp3) is 0.533. The molecule has 2 aliphatic rings. The first kappa shape index (κ1) is 13.5. The Hall–Kier alpha value is -1.46. The van der Waals surface area contributed by atoms with Gasteiger partial charge in [0.2, 0.25) is 5.91 Å². The van der Waals surface area contributed by atoms with Crippen LogP contribution in [0.2, 0.25) is 0 Å². The predicted molar refractivity (Wildman–Crippen MR) is 72.4 cm³/mol. The van der Waals surface area contributed by atoms with Crippen molar-refractivity contribution in [3.63, 3.8) is 0 Å². The fourth-order valence-electron chi connectivity index (χ4n) is 2.89. The van der Waals surface area contributed by atoms with Crippen LogP contribution >= 0.6 is 0 Å². The van der Waals surface area contributed by atoms with Crippen molar-refractivity contribution in [2.45, 2.75) is 31.5 Å². The molecule has 0 radical (unpaired) electrons. The third kappa shape index (κ3) is 2.83. The van der Waals surface area contributed by atoms with Crippen LogP contribution in [-0.4, -0.2) is 36.6 Å².